The summed E-state index contributed by atoms with van der Waals surface area (Å²) in [6, 6.07) is 71.6. The normalized spacial score (nSPS) is 13.5. The van der Waals surface area contributed by atoms with Gasteiger partial charge in [0.25, 0.3) is 0 Å². The summed E-state index contributed by atoms with van der Waals surface area (Å²) in [5.41, 5.74) is 12.9. The molecule has 1 N–H and O–H groups in total. The van der Waals surface area contributed by atoms with Gasteiger partial charge >= 0.3 is 0 Å². The smallest absolute Gasteiger partial charge is 0.130 e. The van der Waals surface area contributed by atoms with E-state index in [-0.39, 0.29) is 6.17 Å². The summed E-state index contributed by atoms with van der Waals surface area (Å²) in [7, 11) is 0. The summed E-state index contributed by atoms with van der Waals surface area (Å²) in [6.45, 7) is 0. The highest BCUT2D eigenvalue weighted by atomic mass is 15.3. The summed E-state index contributed by atoms with van der Waals surface area (Å²) in [5.74, 6) is 0. The van der Waals surface area contributed by atoms with Gasteiger partial charge < -0.3 is 15.1 Å². The van der Waals surface area contributed by atoms with E-state index in [4.69, 9.17) is 0 Å². The van der Waals surface area contributed by atoms with Crippen LogP contribution in [-0.2, 0) is 0 Å². The van der Waals surface area contributed by atoms with Gasteiger partial charge in [-0.25, -0.2) is 0 Å². The SMILES string of the molecule is c1ccc(N(c2ccc(-c3ccc(-c4ccc(C5Nc6ccccc6N5c5ccccc5)cc4)cc3)cc2)c2cccc3ccccc23)cc1. The maximum absolute atomic E-state index is 3.74. The van der Waals surface area contributed by atoms with E-state index in [1.165, 1.54) is 55.7 Å². The zero-order valence-corrected chi connectivity index (χ0v) is 27.5. The first-order valence-electron chi connectivity index (χ1n) is 17.1. The van der Waals surface area contributed by atoms with Gasteiger partial charge in [-0.2, -0.15) is 0 Å². The fourth-order valence-electron chi connectivity index (χ4n) is 7.19. The molecular formula is C47H35N3. The van der Waals surface area contributed by atoms with Gasteiger partial charge in [0.05, 0.1) is 17.1 Å². The number of fused-ring (bicyclic) bond motifs is 2. The molecule has 50 heavy (non-hydrogen) atoms. The van der Waals surface area contributed by atoms with Crippen LogP contribution in [0.15, 0.2) is 200 Å². The molecule has 1 aliphatic heterocycles. The van der Waals surface area contributed by atoms with Crippen LogP contribution in [0.1, 0.15) is 11.7 Å². The van der Waals surface area contributed by atoms with E-state index < -0.39 is 0 Å². The first kappa shape index (κ1) is 29.6. The molecule has 3 heteroatoms. The minimum Gasteiger partial charge on any atom is -0.359 e. The number of benzene rings is 8. The van der Waals surface area contributed by atoms with Gasteiger partial charge in [0.2, 0.25) is 0 Å². The number of hydrogen-bond acceptors (Lipinski definition) is 3. The molecule has 1 aliphatic rings. The van der Waals surface area contributed by atoms with Gasteiger partial charge in [-0.1, -0.05) is 146 Å². The van der Waals surface area contributed by atoms with Crippen LogP contribution in [0.3, 0.4) is 0 Å². The Morgan fingerprint density at radius 2 is 0.940 bits per heavy atom. The Hall–Kier alpha value is -6.58. The third-order valence-electron chi connectivity index (χ3n) is 9.67. The fourth-order valence-corrected chi connectivity index (χ4v) is 7.19. The quantitative estimate of drug-likeness (QED) is 0.187. The number of hydrogen-bond donors (Lipinski definition) is 1. The van der Waals surface area contributed by atoms with Gasteiger partial charge in [-0.15, -0.1) is 0 Å². The van der Waals surface area contributed by atoms with E-state index >= 15 is 0 Å². The zero-order chi connectivity index (χ0) is 33.3. The molecule has 238 valence electrons. The summed E-state index contributed by atoms with van der Waals surface area (Å²) in [5, 5.41) is 6.20. The predicted octanol–water partition coefficient (Wildman–Crippen LogP) is 12.9. The van der Waals surface area contributed by atoms with Crippen LogP contribution in [0.25, 0.3) is 33.0 Å². The molecule has 0 saturated heterocycles. The minimum atomic E-state index is 0.0209. The van der Waals surface area contributed by atoms with Gasteiger partial charge in [0, 0.05) is 22.4 Å². The van der Waals surface area contributed by atoms with Crippen molar-refractivity contribution in [1.29, 1.82) is 0 Å². The van der Waals surface area contributed by atoms with Crippen LogP contribution < -0.4 is 15.1 Å². The van der Waals surface area contributed by atoms with Crippen LogP contribution in [0.4, 0.5) is 34.1 Å². The molecule has 0 spiro atoms. The molecule has 0 radical (unpaired) electrons. The Labute approximate surface area is 293 Å². The average Bonchev–Trinajstić information content (AvgIpc) is 3.59. The molecule has 0 amide bonds. The Morgan fingerprint density at radius 1 is 0.420 bits per heavy atom. The van der Waals surface area contributed by atoms with E-state index in [2.05, 4.69) is 215 Å². The second-order valence-electron chi connectivity index (χ2n) is 12.7. The predicted molar refractivity (Wildman–Crippen MR) is 211 cm³/mol. The van der Waals surface area contributed by atoms with Crippen LogP contribution >= 0.6 is 0 Å². The lowest BCUT2D eigenvalue weighted by Crippen LogP contribution is -2.23. The van der Waals surface area contributed by atoms with Crippen LogP contribution in [-0.4, -0.2) is 0 Å². The van der Waals surface area contributed by atoms with Crippen molar-refractivity contribution in [2.24, 2.45) is 0 Å². The Morgan fingerprint density at radius 3 is 1.64 bits per heavy atom. The monoisotopic (exact) mass is 641 g/mol. The summed E-state index contributed by atoms with van der Waals surface area (Å²) >= 11 is 0. The lowest BCUT2D eigenvalue weighted by atomic mass is 9.98. The first-order valence-corrected chi connectivity index (χ1v) is 17.1. The molecular weight excluding hydrogens is 607 g/mol. The van der Waals surface area contributed by atoms with Crippen molar-refractivity contribution in [2.75, 3.05) is 15.1 Å². The van der Waals surface area contributed by atoms with Crippen molar-refractivity contribution in [2.45, 2.75) is 6.17 Å². The molecule has 0 aliphatic carbocycles. The Balaban J connectivity index is 0.971. The van der Waals surface area contributed by atoms with Gasteiger partial charge in [0.1, 0.15) is 6.17 Å². The van der Waals surface area contributed by atoms with Crippen molar-refractivity contribution < 1.29 is 0 Å². The Kier molecular flexibility index (Phi) is 7.56. The van der Waals surface area contributed by atoms with Crippen molar-refractivity contribution in [3.05, 3.63) is 206 Å². The minimum absolute atomic E-state index is 0.0209. The van der Waals surface area contributed by atoms with Crippen molar-refractivity contribution in [3.63, 3.8) is 0 Å². The molecule has 3 nitrogen and oxygen atoms in total. The van der Waals surface area contributed by atoms with Crippen molar-refractivity contribution in [1.82, 2.24) is 0 Å². The summed E-state index contributed by atoms with van der Waals surface area (Å²) < 4.78 is 0. The van der Waals surface area contributed by atoms with E-state index in [9.17, 15) is 0 Å². The van der Waals surface area contributed by atoms with E-state index in [0.717, 1.165) is 17.1 Å². The molecule has 0 fully saturated rings. The molecule has 8 aromatic carbocycles. The topological polar surface area (TPSA) is 18.5 Å². The number of nitrogens with zero attached hydrogens (tertiary/aromatic N) is 2. The fraction of sp³-hybridized carbons (Fsp3) is 0.0213. The van der Waals surface area contributed by atoms with Crippen LogP contribution in [0, 0.1) is 0 Å². The second-order valence-corrected chi connectivity index (χ2v) is 12.7. The summed E-state index contributed by atoms with van der Waals surface area (Å²) in [4.78, 5) is 4.73. The number of rotatable bonds is 7. The average molecular weight is 642 g/mol. The molecule has 0 bridgehead atoms. The maximum Gasteiger partial charge on any atom is 0.130 e. The third kappa shape index (κ3) is 5.45. The highest BCUT2D eigenvalue weighted by Gasteiger charge is 2.30. The van der Waals surface area contributed by atoms with Crippen LogP contribution in [0.2, 0.25) is 0 Å². The lowest BCUT2D eigenvalue weighted by molar-refractivity contribution is 0.828. The molecule has 0 saturated carbocycles. The molecule has 8 aromatic rings. The molecule has 1 unspecified atom stereocenters. The highest BCUT2D eigenvalue weighted by Crippen LogP contribution is 2.46. The molecule has 1 atom stereocenters. The van der Waals surface area contributed by atoms with Crippen molar-refractivity contribution >= 4 is 44.9 Å². The maximum atomic E-state index is 3.74. The zero-order valence-electron chi connectivity index (χ0n) is 27.5. The van der Waals surface area contributed by atoms with E-state index in [1.807, 2.05) is 0 Å². The lowest BCUT2D eigenvalue weighted by Gasteiger charge is -2.27. The number of nitrogens with one attached hydrogen (secondary N) is 1. The van der Waals surface area contributed by atoms with E-state index in [1.54, 1.807) is 0 Å². The second kappa shape index (κ2) is 12.8. The Bertz CT molecular complexity index is 2380. The van der Waals surface area contributed by atoms with Gasteiger partial charge in [-0.3, -0.25) is 0 Å². The van der Waals surface area contributed by atoms with E-state index in [0.29, 0.717) is 0 Å². The molecule has 0 aromatic heterocycles. The van der Waals surface area contributed by atoms with Crippen molar-refractivity contribution in [3.8, 4) is 22.3 Å². The third-order valence-corrected chi connectivity index (χ3v) is 9.67. The first-order chi connectivity index (χ1) is 24.8. The highest BCUT2D eigenvalue weighted by molar-refractivity contribution is 5.99. The molecule has 9 rings (SSSR count). The molecule has 1 heterocycles. The van der Waals surface area contributed by atoms with Gasteiger partial charge in [0.15, 0.2) is 0 Å². The van der Waals surface area contributed by atoms with Gasteiger partial charge in [-0.05, 0) is 87.8 Å². The standard InChI is InChI=1S/C47H35N3/c1-3-14-40(15-4-1)49(45-21-11-13-38-12-7-8-18-43(38)45)42-32-30-37(31-33-42)35-24-22-34(23-25-35)36-26-28-39(29-27-36)47-48-44-19-9-10-20-46(44)50(47)41-16-5-2-6-17-41/h1-33,47-48H. The largest absolute Gasteiger partial charge is 0.359 e. The number of anilines is 6. The summed E-state index contributed by atoms with van der Waals surface area (Å²) in [6.07, 6.45) is 0.0209. The number of para-hydroxylation sites is 4. The van der Waals surface area contributed by atoms with Crippen LogP contribution in [0.5, 0.6) is 0 Å².